The van der Waals surface area contributed by atoms with Gasteiger partial charge in [-0.3, -0.25) is 9.59 Å². The van der Waals surface area contributed by atoms with Crippen molar-refractivity contribution in [3.8, 4) is 0 Å². The fourth-order valence-corrected chi connectivity index (χ4v) is 3.25. The minimum atomic E-state index is -0.343. The maximum atomic E-state index is 12.5. The highest BCUT2D eigenvalue weighted by Crippen LogP contribution is 2.21. The molecule has 130 valence electrons. The van der Waals surface area contributed by atoms with Gasteiger partial charge in [0.25, 0.3) is 0 Å². The van der Waals surface area contributed by atoms with Gasteiger partial charge in [0.05, 0.1) is 0 Å². The van der Waals surface area contributed by atoms with E-state index >= 15 is 0 Å². The van der Waals surface area contributed by atoms with Crippen LogP contribution in [0.1, 0.15) is 30.4 Å². The first kappa shape index (κ1) is 17.2. The zero-order valence-corrected chi connectivity index (χ0v) is 14.4. The zero-order valence-electron chi connectivity index (χ0n) is 14.4. The molecule has 0 aliphatic carbocycles. The van der Waals surface area contributed by atoms with Crippen LogP contribution in [-0.2, 0) is 22.6 Å². The molecule has 1 saturated heterocycles. The standard InChI is InChI=1S/C21H24N2O2/c24-20-14-13-19(23(20)16-18-10-5-2-6-11-18)21(25)22-15-7-12-17-8-3-1-4-9-17/h1-6,8-11,19H,7,12-16H2,(H,22,25). The van der Waals surface area contributed by atoms with Crippen molar-refractivity contribution in [1.82, 2.24) is 10.2 Å². The van der Waals surface area contributed by atoms with Crippen LogP contribution in [0.4, 0.5) is 0 Å². The molecule has 1 fully saturated rings. The van der Waals surface area contributed by atoms with Crippen LogP contribution < -0.4 is 5.32 Å². The van der Waals surface area contributed by atoms with Gasteiger partial charge < -0.3 is 10.2 Å². The Morgan fingerprint density at radius 1 is 1.00 bits per heavy atom. The van der Waals surface area contributed by atoms with Gasteiger partial charge in [0, 0.05) is 19.5 Å². The molecule has 4 heteroatoms. The molecule has 1 aliphatic rings. The quantitative estimate of drug-likeness (QED) is 0.791. The number of likely N-dealkylation sites (tertiary alicyclic amines) is 1. The van der Waals surface area contributed by atoms with Crippen molar-refractivity contribution in [2.75, 3.05) is 6.54 Å². The van der Waals surface area contributed by atoms with Gasteiger partial charge in [-0.05, 0) is 30.4 Å². The summed E-state index contributed by atoms with van der Waals surface area (Å²) in [4.78, 5) is 26.4. The molecule has 0 radical (unpaired) electrons. The molecular formula is C21H24N2O2. The van der Waals surface area contributed by atoms with Gasteiger partial charge in [-0.2, -0.15) is 0 Å². The highest BCUT2D eigenvalue weighted by atomic mass is 16.2. The Kier molecular flexibility index (Phi) is 5.83. The van der Waals surface area contributed by atoms with Crippen molar-refractivity contribution in [1.29, 1.82) is 0 Å². The van der Waals surface area contributed by atoms with Crippen molar-refractivity contribution >= 4 is 11.8 Å². The fraction of sp³-hybridized carbons (Fsp3) is 0.333. The van der Waals surface area contributed by atoms with Crippen LogP contribution in [0.5, 0.6) is 0 Å². The van der Waals surface area contributed by atoms with E-state index < -0.39 is 0 Å². The SMILES string of the molecule is O=C(NCCCc1ccccc1)C1CCC(=O)N1Cc1ccccc1. The lowest BCUT2D eigenvalue weighted by Crippen LogP contribution is -2.44. The van der Waals surface area contributed by atoms with Crippen LogP contribution in [0.25, 0.3) is 0 Å². The molecule has 0 bridgehead atoms. The van der Waals surface area contributed by atoms with Crippen LogP contribution in [-0.4, -0.2) is 29.3 Å². The first-order chi connectivity index (χ1) is 12.2. The van der Waals surface area contributed by atoms with Gasteiger partial charge >= 0.3 is 0 Å². The molecular weight excluding hydrogens is 312 g/mol. The van der Waals surface area contributed by atoms with Gasteiger partial charge in [0.15, 0.2) is 0 Å². The van der Waals surface area contributed by atoms with E-state index in [2.05, 4.69) is 17.4 Å². The lowest BCUT2D eigenvalue weighted by molar-refractivity contribution is -0.135. The van der Waals surface area contributed by atoms with Gasteiger partial charge in [0.2, 0.25) is 11.8 Å². The van der Waals surface area contributed by atoms with E-state index in [4.69, 9.17) is 0 Å². The third-order valence-electron chi connectivity index (χ3n) is 4.61. The summed E-state index contributed by atoms with van der Waals surface area (Å²) in [6.07, 6.45) is 2.90. The van der Waals surface area contributed by atoms with Gasteiger partial charge in [-0.25, -0.2) is 0 Å². The number of aryl methyl sites for hydroxylation is 1. The zero-order chi connectivity index (χ0) is 17.5. The van der Waals surface area contributed by atoms with Gasteiger partial charge in [0.1, 0.15) is 6.04 Å². The average molecular weight is 336 g/mol. The maximum absolute atomic E-state index is 12.5. The lowest BCUT2D eigenvalue weighted by atomic mass is 10.1. The average Bonchev–Trinajstić information content (AvgIpc) is 3.01. The summed E-state index contributed by atoms with van der Waals surface area (Å²) >= 11 is 0. The van der Waals surface area contributed by atoms with Crippen molar-refractivity contribution in [3.63, 3.8) is 0 Å². The first-order valence-corrected chi connectivity index (χ1v) is 8.89. The summed E-state index contributed by atoms with van der Waals surface area (Å²) in [6.45, 7) is 1.14. The topological polar surface area (TPSA) is 49.4 Å². The molecule has 1 atom stereocenters. The number of rotatable bonds is 7. The van der Waals surface area contributed by atoms with Crippen LogP contribution in [0.2, 0.25) is 0 Å². The van der Waals surface area contributed by atoms with Crippen molar-refractivity contribution in [2.24, 2.45) is 0 Å². The molecule has 1 unspecified atom stereocenters. The minimum Gasteiger partial charge on any atom is -0.354 e. The number of amides is 2. The van der Waals surface area contributed by atoms with Crippen LogP contribution in [0.3, 0.4) is 0 Å². The van der Waals surface area contributed by atoms with Crippen LogP contribution in [0.15, 0.2) is 60.7 Å². The maximum Gasteiger partial charge on any atom is 0.242 e. The Bertz CT molecular complexity index is 700. The van der Waals surface area contributed by atoms with E-state index in [1.165, 1.54) is 5.56 Å². The molecule has 2 aromatic rings. The minimum absolute atomic E-state index is 0.0326. The Morgan fingerprint density at radius 3 is 2.32 bits per heavy atom. The van der Waals surface area contributed by atoms with Gasteiger partial charge in [-0.15, -0.1) is 0 Å². The second-order valence-electron chi connectivity index (χ2n) is 6.44. The van der Waals surface area contributed by atoms with Gasteiger partial charge in [-0.1, -0.05) is 60.7 Å². The Labute approximate surface area is 148 Å². The molecule has 25 heavy (non-hydrogen) atoms. The van der Waals surface area contributed by atoms with E-state index in [1.807, 2.05) is 48.5 Å². The largest absolute Gasteiger partial charge is 0.354 e. The molecule has 2 amide bonds. The predicted molar refractivity (Wildman–Crippen MR) is 97.8 cm³/mol. The summed E-state index contributed by atoms with van der Waals surface area (Å²) < 4.78 is 0. The lowest BCUT2D eigenvalue weighted by Gasteiger charge is -2.24. The normalized spacial score (nSPS) is 16.9. The number of nitrogens with one attached hydrogen (secondary N) is 1. The van der Waals surface area contributed by atoms with Crippen molar-refractivity contribution < 1.29 is 9.59 Å². The monoisotopic (exact) mass is 336 g/mol. The highest BCUT2D eigenvalue weighted by molar-refractivity contribution is 5.90. The Balaban J connectivity index is 1.49. The Morgan fingerprint density at radius 2 is 1.64 bits per heavy atom. The third kappa shape index (κ3) is 4.69. The molecule has 3 rings (SSSR count). The molecule has 0 aromatic heterocycles. The summed E-state index contributed by atoms with van der Waals surface area (Å²) in [5.74, 6) is 0.0307. The van der Waals surface area contributed by atoms with Crippen molar-refractivity contribution in [2.45, 2.75) is 38.3 Å². The van der Waals surface area contributed by atoms with Crippen LogP contribution in [0, 0.1) is 0 Å². The Hall–Kier alpha value is -2.62. The number of hydrogen-bond donors (Lipinski definition) is 1. The molecule has 1 N–H and O–H groups in total. The summed E-state index contributed by atoms with van der Waals surface area (Å²) in [6, 6.07) is 19.7. The van der Waals surface area contributed by atoms with Crippen LogP contribution >= 0.6 is 0 Å². The number of benzene rings is 2. The first-order valence-electron chi connectivity index (χ1n) is 8.89. The van der Waals surface area contributed by atoms with E-state index in [0.717, 1.165) is 18.4 Å². The molecule has 1 heterocycles. The number of carbonyl (C=O) groups is 2. The third-order valence-corrected chi connectivity index (χ3v) is 4.61. The number of carbonyl (C=O) groups excluding carboxylic acids is 2. The second kappa shape index (κ2) is 8.47. The molecule has 0 spiro atoms. The highest BCUT2D eigenvalue weighted by Gasteiger charge is 2.35. The van der Waals surface area contributed by atoms with E-state index in [-0.39, 0.29) is 17.9 Å². The fourth-order valence-electron chi connectivity index (χ4n) is 3.25. The number of hydrogen-bond acceptors (Lipinski definition) is 2. The van der Waals surface area contributed by atoms with E-state index in [1.54, 1.807) is 4.90 Å². The number of nitrogens with zero attached hydrogens (tertiary/aromatic N) is 1. The van der Waals surface area contributed by atoms with E-state index in [9.17, 15) is 9.59 Å². The second-order valence-corrected chi connectivity index (χ2v) is 6.44. The molecule has 0 saturated carbocycles. The molecule has 2 aromatic carbocycles. The molecule has 1 aliphatic heterocycles. The summed E-state index contributed by atoms with van der Waals surface area (Å²) in [5.41, 5.74) is 2.33. The summed E-state index contributed by atoms with van der Waals surface area (Å²) in [5, 5.41) is 3.00. The summed E-state index contributed by atoms with van der Waals surface area (Å²) in [7, 11) is 0. The predicted octanol–water partition coefficient (Wildman–Crippen LogP) is 2.93. The van der Waals surface area contributed by atoms with Crippen molar-refractivity contribution in [3.05, 3.63) is 71.8 Å². The molecule has 4 nitrogen and oxygen atoms in total. The van der Waals surface area contributed by atoms with E-state index in [0.29, 0.717) is 25.9 Å². The smallest absolute Gasteiger partial charge is 0.242 e.